The van der Waals surface area contributed by atoms with Crippen molar-refractivity contribution in [1.82, 2.24) is 5.32 Å². The zero-order valence-electron chi connectivity index (χ0n) is 16.0. The summed E-state index contributed by atoms with van der Waals surface area (Å²) in [4.78, 5) is 12.1. The summed E-state index contributed by atoms with van der Waals surface area (Å²) >= 11 is 3.44. The van der Waals surface area contributed by atoms with Gasteiger partial charge >= 0.3 is 6.09 Å². The van der Waals surface area contributed by atoms with Gasteiger partial charge in [0, 0.05) is 17.8 Å². The van der Waals surface area contributed by atoms with Gasteiger partial charge in [0.25, 0.3) is 0 Å². The van der Waals surface area contributed by atoms with Crippen LogP contribution in [0.4, 0.5) is 4.79 Å². The third-order valence-electron chi connectivity index (χ3n) is 5.15. The van der Waals surface area contributed by atoms with Gasteiger partial charge in [0.15, 0.2) is 0 Å². The second kappa shape index (κ2) is 9.10. The van der Waals surface area contributed by atoms with Crippen LogP contribution in [0, 0.1) is 0 Å². The van der Waals surface area contributed by atoms with Crippen molar-refractivity contribution in [1.29, 1.82) is 0 Å². The molecule has 4 rings (SSSR count). The number of amides is 1. The first-order valence-electron chi connectivity index (χ1n) is 9.66. The van der Waals surface area contributed by atoms with Crippen LogP contribution in [0.5, 0.6) is 0 Å². The van der Waals surface area contributed by atoms with Crippen molar-refractivity contribution in [2.24, 2.45) is 0 Å². The molecule has 4 heteroatoms. The highest BCUT2D eigenvalue weighted by atomic mass is 79.9. The number of carbonyl (C=O) groups is 1. The number of hydrogen-bond acceptors (Lipinski definition) is 2. The van der Waals surface area contributed by atoms with Crippen LogP contribution in [-0.2, 0) is 10.1 Å². The van der Waals surface area contributed by atoms with Crippen LogP contribution in [0.1, 0.15) is 28.2 Å². The minimum atomic E-state index is -0.397. The van der Waals surface area contributed by atoms with E-state index in [0.29, 0.717) is 13.2 Å². The summed E-state index contributed by atoms with van der Waals surface area (Å²) < 4.78 is 5.53. The lowest BCUT2D eigenvalue weighted by atomic mass is 9.98. The highest BCUT2D eigenvalue weighted by Crippen LogP contribution is 2.44. The Morgan fingerprint density at radius 2 is 1.55 bits per heavy atom. The molecule has 3 nitrogen and oxygen atoms in total. The molecule has 0 radical (unpaired) electrons. The minimum Gasteiger partial charge on any atom is -0.449 e. The minimum absolute atomic E-state index is 0.0802. The van der Waals surface area contributed by atoms with Gasteiger partial charge in [-0.15, -0.1) is 0 Å². The predicted molar refractivity (Wildman–Crippen MR) is 121 cm³/mol. The molecule has 0 saturated carbocycles. The monoisotopic (exact) mass is 447 g/mol. The Morgan fingerprint density at radius 3 is 2.17 bits per heavy atom. The topological polar surface area (TPSA) is 38.3 Å². The summed E-state index contributed by atoms with van der Waals surface area (Å²) in [5.74, 6) is 0.0802. The second-order valence-corrected chi connectivity index (χ2v) is 7.54. The lowest BCUT2D eigenvalue weighted by Gasteiger charge is -2.14. The Morgan fingerprint density at radius 1 is 0.931 bits per heavy atom. The zero-order valence-corrected chi connectivity index (χ0v) is 17.6. The van der Waals surface area contributed by atoms with Gasteiger partial charge in [0.2, 0.25) is 0 Å². The number of benzene rings is 3. The Balaban J connectivity index is 1.31. The molecule has 0 bridgehead atoms. The Bertz CT molecular complexity index is 982. The number of fused-ring (bicyclic) bond motifs is 3. The summed E-state index contributed by atoms with van der Waals surface area (Å²) in [5, 5.41) is 3.64. The molecule has 0 atom stereocenters. The van der Waals surface area contributed by atoms with Gasteiger partial charge in [0.05, 0.1) is 0 Å². The molecule has 3 aromatic carbocycles. The second-order valence-electron chi connectivity index (χ2n) is 6.98. The van der Waals surface area contributed by atoms with Gasteiger partial charge in [0.1, 0.15) is 6.61 Å². The maximum atomic E-state index is 12.1. The van der Waals surface area contributed by atoms with Crippen LogP contribution in [0.2, 0.25) is 0 Å². The quantitative estimate of drug-likeness (QED) is 0.461. The van der Waals surface area contributed by atoms with Crippen LogP contribution in [0.25, 0.3) is 17.2 Å². The van der Waals surface area contributed by atoms with Gasteiger partial charge in [-0.3, -0.25) is 0 Å². The number of hydrogen-bond donors (Lipinski definition) is 1. The van der Waals surface area contributed by atoms with Crippen LogP contribution in [0.15, 0.2) is 78.9 Å². The molecule has 1 amide bonds. The van der Waals surface area contributed by atoms with Crippen molar-refractivity contribution in [2.45, 2.75) is 11.2 Å². The number of alkyl carbamates (subject to hydrolysis) is 1. The summed E-state index contributed by atoms with van der Waals surface area (Å²) in [6, 6.07) is 24.9. The van der Waals surface area contributed by atoms with Crippen LogP contribution < -0.4 is 5.32 Å². The van der Waals surface area contributed by atoms with E-state index in [9.17, 15) is 4.79 Å². The van der Waals surface area contributed by atoms with Gasteiger partial charge in [-0.1, -0.05) is 101 Å². The number of halogens is 1. The maximum absolute atomic E-state index is 12.1. The molecule has 0 unspecified atom stereocenters. The summed E-state index contributed by atoms with van der Waals surface area (Å²) in [6.07, 6.45) is 3.51. The number of alkyl halides is 1. The molecule has 1 N–H and O–H groups in total. The van der Waals surface area contributed by atoms with Gasteiger partial charge < -0.3 is 10.1 Å². The lowest BCUT2D eigenvalue weighted by Crippen LogP contribution is -2.26. The molecule has 0 aliphatic heterocycles. The number of nitrogens with one attached hydrogen (secondary N) is 1. The largest absolute Gasteiger partial charge is 0.449 e. The van der Waals surface area contributed by atoms with Crippen LogP contribution in [-0.4, -0.2) is 19.2 Å². The van der Waals surface area contributed by atoms with E-state index < -0.39 is 6.09 Å². The summed E-state index contributed by atoms with van der Waals surface area (Å²) in [7, 11) is 0. The number of ether oxygens (including phenoxy) is 1. The molecule has 29 heavy (non-hydrogen) atoms. The predicted octanol–water partition coefficient (Wildman–Crippen LogP) is 6.13. The Hall–Kier alpha value is -2.85. The van der Waals surface area contributed by atoms with E-state index in [1.54, 1.807) is 0 Å². The van der Waals surface area contributed by atoms with Crippen LogP contribution >= 0.6 is 15.9 Å². The van der Waals surface area contributed by atoms with E-state index in [0.717, 1.165) is 10.9 Å². The molecular weight excluding hydrogens is 426 g/mol. The molecular formula is C25H22BrNO2. The molecule has 1 aliphatic carbocycles. The SMILES string of the molecule is O=C(NCC=Cc1ccc(CBr)cc1)OCC1c2ccccc2-c2ccccc21. The maximum Gasteiger partial charge on any atom is 0.407 e. The standard InChI is InChI=1S/C25H22BrNO2/c26-16-19-13-11-18(12-14-19)6-5-15-27-25(28)29-17-24-22-9-3-1-7-20(22)21-8-2-4-10-23(21)24/h1-14,24H,15-17H2,(H,27,28). The zero-order chi connectivity index (χ0) is 20.1. The van der Waals surface area contributed by atoms with Crippen molar-refractivity contribution >= 4 is 28.1 Å². The molecule has 0 spiro atoms. The first kappa shape index (κ1) is 19.5. The smallest absolute Gasteiger partial charge is 0.407 e. The molecule has 3 aromatic rings. The van der Waals surface area contributed by atoms with E-state index in [4.69, 9.17) is 4.74 Å². The van der Waals surface area contributed by atoms with E-state index >= 15 is 0 Å². The van der Waals surface area contributed by atoms with Crippen molar-refractivity contribution in [3.05, 3.63) is 101 Å². The number of carbonyl (C=O) groups excluding carboxylic acids is 1. The van der Waals surface area contributed by atoms with E-state index in [2.05, 4.69) is 69.8 Å². The number of rotatable bonds is 6. The van der Waals surface area contributed by atoms with Crippen molar-refractivity contribution in [2.75, 3.05) is 13.2 Å². The van der Waals surface area contributed by atoms with Crippen LogP contribution in [0.3, 0.4) is 0 Å². The Kier molecular flexibility index (Phi) is 6.11. The van der Waals surface area contributed by atoms with E-state index in [1.165, 1.54) is 27.8 Å². The Labute approximate surface area is 179 Å². The average Bonchev–Trinajstić information content (AvgIpc) is 3.09. The average molecular weight is 448 g/mol. The molecule has 0 saturated heterocycles. The van der Waals surface area contributed by atoms with E-state index in [1.807, 2.05) is 36.4 Å². The van der Waals surface area contributed by atoms with Gasteiger partial charge in [-0.25, -0.2) is 4.79 Å². The van der Waals surface area contributed by atoms with Gasteiger partial charge in [-0.2, -0.15) is 0 Å². The molecule has 0 fully saturated rings. The van der Waals surface area contributed by atoms with E-state index in [-0.39, 0.29) is 5.92 Å². The highest BCUT2D eigenvalue weighted by molar-refractivity contribution is 9.08. The third kappa shape index (κ3) is 4.43. The van der Waals surface area contributed by atoms with Crippen molar-refractivity contribution < 1.29 is 9.53 Å². The fourth-order valence-corrected chi connectivity index (χ4v) is 4.08. The molecule has 146 valence electrons. The molecule has 0 heterocycles. The summed E-state index contributed by atoms with van der Waals surface area (Å²) in [6.45, 7) is 0.758. The fourth-order valence-electron chi connectivity index (χ4n) is 3.70. The molecule has 0 aromatic heterocycles. The summed E-state index contributed by atoms with van der Waals surface area (Å²) in [5.41, 5.74) is 7.22. The van der Waals surface area contributed by atoms with Crippen molar-refractivity contribution in [3.63, 3.8) is 0 Å². The third-order valence-corrected chi connectivity index (χ3v) is 5.80. The van der Waals surface area contributed by atoms with Gasteiger partial charge in [-0.05, 0) is 33.4 Å². The molecule has 1 aliphatic rings. The first-order chi connectivity index (χ1) is 14.3. The highest BCUT2D eigenvalue weighted by Gasteiger charge is 2.28. The van der Waals surface area contributed by atoms with Crippen molar-refractivity contribution in [3.8, 4) is 11.1 Å². The fraction of sp³-hybridized carbons (Fsp3) is 0.160. The normalized spacial score (nSPS) is 12.6. The first-order valence-corrected chi connectivity index (χ1v) is 10.8. The lowest BCUT2D eigenvalue weighted by molar-refractivity contribution is 0.144.